The Kier molecular flexibility index (Phi) is 4.81. The number of amides is 1. The number of aromatic nitrogens is 2. The molecule has 0 bridgehead atoms. The molecule has 1 saturated heterocycles. The summed E-state index contributed by atoms with van der Waals surface area (Å²) in [5.74, 6) is 0.387. The second-order valence-corrected chi connectivity index (χ2v) is 7.78. The molecule has 0 N–H and O–H groups in total. The number of benzene rings is 1. The lowest BCUT2D eigenvalue weighted by molar-refractivity contribution is -0.134. The number of nitrogens with zero attached hydrogens (tertiary/aromatic N) is 4. The zero-order valence-corrected chi connectivity index (χ0v) is 15.8. The molecule has 1 aliphatic carbocycles. The van der Waals surface area contributed by atoms with E-state index in [0.717, 1.165) is 51.0 Å². The number of likely N-dealkylation sites (tertiary alicyclic amines) is 1. The van der Waals surface area contributed by atoms with Gasteiger partial charge in [0.2, 0.25) is 5.91 Å². The zero-order chi connectivity index (χ0) is 18.1. The van der Waals surface area contributed by atoms with Crippen molar-refractivity contribution in [2.24, 2.45) is 5.92 Å². The second-order valence-electron chi connectivity index (χ2n) is 7.78. The largest absolute Gasteiger partial charge is 0.349 e. The fourth-order valence-electron chi connectivity index (χ4n) is 4.40. The fraction of sp³-hybridized carbons (Fsp3) is 0.524. The summed E-state index contributed by atoms with van der Waals surface area (Å²) in [5, 5.41) is 4.98. The Bertz CT molecular complexity index is 781. The number of rotatable bonds is 4. The third-order valence-corrected chi connectivity index (χ3v) is 5.68. The molecule has 1 amide bonds. The van der Waals surface area contributed by atoms with Gasteiger partial charge >= 0.3 is 0 Å². The predicted molar refractivity (Wildman–Crippen MR) is 102 cm³/mol. The van der Waals surface area contributed by atoms with Gasteiger partial charge in [-0.05, 0) is 56.3 Å². The van der Waals surface area contributed by atoms with Crippen LogP contribution in [0.25, 0.3) is 5.69 Å². The molecule has 1 fully saturated rings. The molecule has 1 unspecified atom stereocenters. The van der Waals surface area contributed by atoms with E-state index in [9.17, 15) is 4.79 Å². The van der Waals surface area contributed by atoms with Crippen LogP contribution in [-0.4, -0.2) is 52.7 Å². The zero-order valence-electron chi connectivity index (χ0n) is 15.8. The van der Waals surface area contributed by atoms with Crippen molar-refractivity contribution >= 4 is 5.91 Å². The number of hydrogen-bond acceptors (Lipinski definition) is 3. The molecule has 2 aliphatic rings. The molecule has 4 rings (SSSR count). The van der Waals surface area contributed by atoms with Crippen molar-refractivity contribution in [3.63, 3.8) is 0 Å². The van der Waals surface area contributed by atoms with Gasteiger partial charge in [-0.2, -0.15) is 5.10 Å². The lowest BCUT2D eigenvalue weighted by atomic mass is 9.96. The SMILES string of the molecule is CN(C)C(=O)C1CCCN(Cc2nn(-c3ccccc3)c3c2CCC3)C1. The molecule has 1 atom stereocenters. The number of carbonyl (C=O) groups is 1. The highest BCUT2D eigenvalue weighted by molar-refractivity contribution is 5.78. The van der Waals surface area contributed by atoms with Crippen LogP contribution in [0.1, 0.15) is 36.2 Å². The maximum Gasteiger partial charge on any atom is 0.226 e. The van der Waals surface area contributed by atoms with Crippen LogP contribution >= 0.6 is 0 Å². The molecular formula is C21H28N4O. The Morgan fingerprint density at radius 2 is 2.00 bits per heavy atom. The molecule has 0 spiro atoms. The summed E-state index contributed by atoms with van der Waals surface area (Å²) in [5.41, 5.74) is 5.18. The van der Waals surface area contributed by atoms with Crippen LogP contribution in [0.2, 0.25) is 0 Å². The molecule has 2 heterocycles. The average Bonchev–Trinajstić information content (AvgIpc) is 3.26. The number of para-hydroxylation sites is 1. The number of carbonyl (C=O) groups excluding carboxylic acids is 1. The van der Waals surface area contributed by atoms with Crippen LogP contribution in [0, 0.1) is 5.92 Å². The summed E-state index contributed by atoms with van der Waals surface area (Å²) in [7, 11) is 3.71. The molecule has 26 heavy (non-hydrogen) atoms. The highest BCUT2D eigenvalue weighted by atomic mass is 16.2. The van der Waals surface area contributed by atoms with Crippen molar-refractivity contribution in [2.45, 2.75) is 38.6 Å². The summed E-state index contributed by atoms with van der Waals surface area (Å²) in [4.78, 5) is 16.5. The molecule has 1 aromatic carbocycles. The highest BCUT2D eigenvalue weighted by Gasteiger charge is 2.29. The minimum atomic E-state index is 0.128. The Morgan fingerprint density at radius 1 is 1.19 bits per heavy atom. The van der Waals surface area contributed by atoms with E-state index < -0.39 is 0 Å². The lowest BCUT2D eigenvalue weighted by Gasteiger charge is -2.32. The van der Waals surface area contributed by atoms with E-state index in [4.69, 9.17) is 5.10 Å². The summed E-state index contributed by atoms with van der Waals surface area (Å²) in [6.45, 7) is 2.77. The maximum absolute atomic E-state index is 12.4. The van der Waals surface area contributed by atoms with Gasteiger partial charge in [0.1, 0.15) is 0 Å². The van der Waals surface area contributed by atoms with Gasteiger partial charge in [0.05, 0.1) is 17.3 Å². The van der Waals surface area contributed by atoms with Gasteiger partial charge in [-0.15, -0.1) is 0 Å². The van der Waals surface area contributed by atoms with Crippen molar-refractivity contribution in [1.29, 1.82) is 0 Å². The number of hydrogen-bond donors (Lipinski definition) is 0. The molecule has 5 heteroatoms. The first-order valence-corrected chi connectivity index (χ1v) is 9.72. The van der Waals surface area contributed by atoms with E-state index in [1.165, 1.54) is 23.4 Å². The van der Waals surface area contributed by atoms with Crippen LogP contribution in [0.3, 0.4) is 0 Å². The fourth-order valence-corrected chi connectivity index (χ4v) is 4.40. The van der Waals surface area contributed by atoms with Gasteiger partial charge in [0.25, 0.3) is 0 Å². The first-order valence-electron chi connectivity index (χ1n) is 9.72. The molecule has 1 aliphatic heterocycles. The maximum atomic E-state index is 12.4. The van der Waals surface area contributed by atoms with Gasteiger partial charge in [-0.3, -0.25) is 9.69 Å². The Hall–Kier alpha value is -2.14. The van der Waals surface area contributed by atoms with E-state index in [1.54, 1.807) is 4.90 Å². The second kappa shape index (κ2) is 7.23. The summed E-state index contributed by atoms with van der Waals surface area (Å²) >= 11 is 0. The average molecular weight is 352 g/mol. The topological polar surface area (TPSA) is 41.4 Å². The summed E-state index contributed by atoms with van der Waals surface area (Å²) < 4.78 is 2.14. The standard InChI is InChI=1S/C21H28N4O/c1-23(2)21(26)16-8-7-13-24(14-16)15-19-18-11-6-12-20(18)25(22-19)17-9-4-3-5-10-17/h3-5,9-10,16H,6-8,11-15H2,1-2H3. The van der Waals surface area contributed by atoms with Crippen molar-refractivity contribution < 1.29 is 4.79 Å². The monoisotopic (exact) mass is 352 g/mol. The lowest BCUT2D eigenvalue weighted by Crippen LogP contribution is -2.42. The highest BCUT2D eigenvalue weighted by Crippen LogP contribution is 2.29. The number of fused-ring (bicyclic) bond motifs is 1. The number of piperidine rings is 1. The molecule has 138 valence electrons. The van der Waals surface area contributed by atoms with Crippen LogP contribution in [0.15, 0.2) is 30.3 Å². The van der Waals surface area contributed by atoms with Crippen molar-refractivity contribution in [2.75, 3.05) is 27.2 Å². The third-order valence-electron chi connectivity index (χ3n) is 5.68. The van der Waals surface area contributed by atoms with E-state index >= 15 is 0 Å². The molecule has 5 nitrogen and oxygen atoms in total. The molecule has 2 aromatic rings. The first-order chi connectivity index (χ1) is 12.6. The van der Waals surface area contributed by atoms with E-state index in [-0.39, 0.29) is 11.8 Å². The van der Waals surface area contributed by atoms with Gasteiger partial charge in [0.15, 0.2) is 0 Å². The van der Waals surface area contributed by atoms with Crippen molar-refractivity contribution in [1.82, 2.24) is 19.6 Å². The van der Waals surface area contributed by atoms with Crippen LogP contribution < -0.4 is 0 Å². The third kappa shape index (κ3) is 3.28. The molecule has 0 radical (unpaired) electrons. The van der Waals surface area contributed by atoms with Crippen LogP contribution in [0.5, 0.6) is 0 Å². The van der Waals surface area contributed by atoms with Gasteiger partial charge in [0, 0.05) is 32.9 Å². The smallest absolute Gasteiger partial charge is 0.226 e. The van der Waals surface area contributed by atoms with Crippen molar-refractivity contribution in [3.8, 4) is 5.69 Å². The minimum Gasteiger partial charge on any atom is -0.349 e. The van der Waals surface area contributed by atoms with Gasteiger partial charge in [-0.1, -0.05) is 18.2 Å². The normalized spacial score (nSPS) is 20.2. The quantitative estimate of drug-likeness (QED) is 0.849. The Balaban J connectivity index is 1.55. The Labute approximate surface area is 155 Å². The minimum absolute atomic E-state index is 0.128. The first kappa shape index (κ1) is 17.3. The van der Waals surface area contributed by atoms with Crippen LogP contribution in [-0.2, 0) is 24.2 Å². The summed E-state index contributed by atoms with van der Waals surface area (Å²) in [6, 6.07) is 10.4. The van der Waals surface area contributed by atoms with Crippen LogP contribution in [0.4, 0.5) is 0 Å². The van der Waals surface area contributed by atoms with E-state index in [2.05, 4.69) is 33.8 Å². The predicted octanol–water partition coefficient (Wildman–Crippen LogP) is 2.66. The van der Waals surface area contributed by atoms with Crippen molar-refractivity contribution in [3.05, 3.63) is 47.3 Å². The Morgan fingerprint density at radius 3 is 2.77 bits per heavy atom. The molecule has 0 saturated carbocycles. The molecular weight excluding hydrogens is 324 g/mol. The summed E-state index contributed by atoms with van der Waals surface area (Å²) in [6.07, 6.45) is 5.55. The van der Waals surface area contributed by atoms with Gasteiger partial charge in [-0.25, -0.2) is 4.68 Å². The van der Waals surface area contributed by atoms with Gasteiger partial charge < -0.3 is 4.90 Å². The van der Waals surface area contributed by atoms with E-state index in [0.29, 0.717) is 0 Å². The van der Waals surface area contributed by atoms with E-state index in [1.807, 2.05) is 20.2 Å². The molecule has 1 aromatic heterocycles.